The predicted molar refractivity (Wildman–Crippen MR) is 94.3 cm³/mol. The lowest BCUT2D eigenvalue weighted by molar-refractivity contribution is -0.130. The highest BCUT2D eigenvalue weighted by Crippen LogP contribution is 2.25. The molecule has 140 valence electrons. The van der Waals surface area contributed by atoms with Crippen molar-refractivity contribution in [3.05, 3.63) is 17.0 Å². The molecule has 0 bridgehead atoms. The molecule has 0 radical (unpaired) electrons. The van der Waals surface area contributed by atoms with Gasteiger partial charge in [0.05, 0.1) is 18.9 Å². The highest BCUT2D eigenvalue weighted by Gasteiger charge is 2.35. The van der Waals surface area contributed by atoms with E-state index >= 15 is 0 Å². The van der Waals surface area contributed by atoms with Crippen LogP contribution in [0.5, 0.6) is 0 Å². The van der Waals surface area contributed by atoms with Crippen molar-refractivity contribution in [2.45, 2.75) is 26.7 Å². The number of ether oxygens (including phenoxy) is 1. The third-order valence-electron chi connectivity index (χ3n) is 5.69. The first-order valence-electron chi connectivity index (χ1n) is 9.27. The van der Waals surface area contributed by atoms with Gasteiger partial charge in [0.25, 0.3) is 0 Å². The van der Waals surface area contributed by atoms with Crippen molar-refractivity contribution in [2.75, 3.05) is 52.5 Å². The Morgan fingerprint density at radius 3 is 2.64 bits per heavy atom. The lowest BCUT2D eigenvalue weighted by Crippen LogP contribution is -2.41. The molecule has 0 aliphatic carbocycles. The number of nitrogens with one attached hydrogen (secondary N) is 1. The minimum atomic E-state index is 0.149. The van der Waals surface area contributed by atoms with Crippen LogP contribution < -0.4 is 0 Å². The molecular formula is C18H30N4O3. The van der Waals surface area contributed by atoms with Crippen LogP contribution in [-0.2, 0) is 16.0 Å². The summed E-state index contributed by atoms with van der Waals surface area (Å²) in [5.41, 5.74) is 3.19. The fourth-order valence-corrected chi connectivity index (χ4v) is 3.83. The molecular weight excluding hydrogens is 320 g/mol. The zero-order chi connectivity index (χ0) is 17.8. The molecule has 0 spiro atoms. The molecule has 0 aromatic carbocycles. The fourth-order valence-electron chi connectivity index (χ4n) is 3.83. The van der Waals surface area contributed by atoms with Gasteiger partial charge < -0.3 is 14.7 Å². The summed E-state index contributed by atoms with van der Waals surface area (Å²) in [4.78, 5) is 16.9. The van der Waals surface area contributed by atoms with Crippen molar-refractivity contribution >= 4 is 5.91 Å². The van der Waals surface area contributed by atoms with Gasteiger partial charge in [-0.25, -0.2) is 0 Å². The van der Waals surface area contributed by atoms with Gasteiger partial charge in [0.1, 0.15) is 0 Å². The van der Waals surface area contributed by atoms with E-state index in [1.54, 1.807) is 0 Å². The van der Waals surface area contributed by atoms with E-state index in [1.807, 2.05) is 18.7 Å². The van der Waals surface area contributed by atoms with Gasteiger partial charge in [-0.15, -0.1) is 0 Å². The van der Waals surface area contributed by atoms with Crippen molar-refractivity contribution < 1.29 is 14.6 Å². The minimum absolute atomic E-state index is 0.149. The molecule has 2 atom stereocenters. The number of morpholine rings is 1. The van der Waals surface area contributed by atoms with Crippen molar-refractivity contribution in [2.24, 2.45) is 11.8 Å². The number of hydrogen-bond acceptors (Lipinski definition) is 5. The Balaban J connectivity index is 1.51. The van der Waals surface area contributed by atoms with Crippen LogP contribution in [0.25, 0.3) is 0 Å². The normalized spacial score (nSPS) is 24.8. The van der Waals surface area contributed by atoms with E-state index in [0.29, 0.717) is 25.3 Å². The molecule has 1 aromatic rings. The van der Waals surface area contributed by atoms with Gasteiger partial charge in [-0.2, -0.15) is 5.10 Å². The molecule has 2 N–H and O–H groups in total. The summed E-state index contributed by atoms with van der Waals surface area (Å²) in [6, 6.07) is 0. The Morgan fingerprint density at radius 2 is 2.00 bits per heavy atom. The van der Waals surface area contributed by atoms with E-state index in [9.17, 15) is 9.90 Å². The van der Waals surface area contributed by atoms with Crippen molar-refractivity contribution in [3.63, 3.8) is 0 Å². The van der Waals surface area contributed by atoms with Crippen molar-refractivity contribution in [3.8, 4) is 0 Å². The number of hydrogen-bond donors (Lipinski definition) is 2. The van der Waals surface area contributed by atoms with Crippen LogP contribution >= 0.6 is 0 Å². The van der Waals surface area contributed by atoms with Crippen LogP contribution in [0.15, 0.2) is 0 Å². The molecule has 7 nitrogen and oxygen atoms in total. The van der Waals surface area contributed by atoms with Gasteiger partial charge >= 0.3 is 0 Å². The van der Waals surface area contributed by atoms with E-state index in [0.717, 1.165) is 56.3 Å². The Morgan fingerprint density at radius 1 is 1.28 bits per heavy atom. The van der Waals surface area contributed by atoms with Crippen LogP contribution in [0.4, 0.5) is 0 Å². The maximum absolute atomic E-state index is 12.6. The van der Waals surface area contributed by atoms with Crippen LogP contribution in [0.2, 0.25) is 0 Å². The first-order valence-corrected chi connectivity index (χ1v) is 9.27. The Hall–Kier alpha value is -1.44. The number of carbonyl (C=O) groups is 1. The number of H-pyrrole nitrogens is 1. The smallest absolute Gasteiger partial charge is 0.222 e. The second kappa shape index (κ2) is 8.29. The van der Waals surface area contributed by atoms with Crippen molar-refractivity contribution in [1.82, 2.24) is 20.0 Å². The molecule has 1 amide bonds. The summed E-state index contributed by atoms with van der Waals surface area (Å²) in [6.07, 6.45) is 1.15. The lowest BCUT2D eigenvalue weighted by Gasteiger charge is -2.30. The number of likely N-dealkylation sites (tertiary alicyclic amines) is 1. The van der Waals surface area contributed by atoms with Gasteiger partial charge in [-0.1, -0.05) is 0 Å². The molecule has 7 heteroatoms. The van der Waals surface area contributed by atoms with E-state index < -0.39 is 0 Å². The fraction of sp³-hybridized carbons (Fsp3) is 0.778. The zero-order valence-electron chi connectivity index (χ0n) is 15.3. The second-order valence-corrected chi connectivity index (χ2v) is 7.33. The topological polar surface area (TPSA) is 81.7 Å². The number of aliphatic hydroxyl groups excluding tert-OH is 1. The van der Waals surface area contributed by atoms with E-state index in [1.165, 1.54) is 0 Å². The summed E-state index contributed by atoms with van der Waals surface area (Å²) >= 11 is 0. The summed E-state index contributed by atoms with van der Waals surface area (Å²) < 4.78 is 5.40. The Labute approximate surface area is 149 Å². The van der Waals surface area contributed by atoms with Gasteiger partial charge in [0.2, 0.25) is 5.91 Å². The highest BCUT2D eigenvalue weighted by atomic mass is 16.5. The first kappa shape index (κ1) is 18.4. The monoisotopic (exact) mass is 350 g/mol. The molecule has 0 saturated carbocycles. The SMILES string of the molecule is Cc1[nH]nc(CCC(=O)N2CC(CO)C(CN3CCOCC3)C2)c1C. The molecule has 2 aliphatic heterocycles. The lowest BCUT2D eigenvalue weighted by atomic mass is 9.96. The molecule has 1 aromatic heterocycles. The average molecular weight is 350 g/mol. The summed E-state index contributed by atoms with van der Waals surface area (Å²) in [6.45, 7) is 9.99. The number of nitrogens with zero attached hydrogens (tertiary/aromatic N) is 3. The largest absolute Gasteiger partial charge is 0.396 e. The molecule has 3 rings (SSSR count). The van der Waals surface area contributed by atoms with Crippen LogP contribution in [0, 0.1) is 25.7 Å². The highest BCUT2D eigenvalue weighted by molar-refractivity contribution is 5.76. The molecule has 2 aliphatic rings. The third kappa shape index (κ3) is 4.40. The maximum Gasteiger partial charge on any atom is 0.222 e. The number of rotatable bonds is 6. The summed E-state index contributed by atoms with van der Waals surface area (Å²) in [7, 11) is 0. The van der Waals surface area contributed by atoms with E-state index in [4.69, 9.17) is 4.74 Å². The first-order chi connectivity index (χ1) is 12.1. The van der Waals surface area contributed by atoms with Crippen LogP contribution in [-0.4, -0.2) is 83.6 Å². The third-order valence-corrected chi connectivity index (χ3v) is 5.69. The van der Waals surface area contributed by atoms with E-state index in [2.05, 4.69) is 15.1 Å². The predicted octanol–water partition coefficient (Wildman–Crippen LogP) is 0.358. The molecule has 2 fully saturated rings. The van der Waals surface area contributed by atoms with Crippen LogP contribution in [0.3, 0.4) is 0 Å². The summed E-state index contributed by atoms with van der Waals surface area (Å²) in [5.74, 6) is 0.700. The number of carbonyl (C=O) groups excluding carboxylic acids is 1. The number of aromatic nitrogens is 2. The molecule has 2 unspecified atom stereocenters. The van der Waals surface area contributed by atoms with Gasteiger partial charge in [0, 0.05) is 63.8 Å². The van der Waals surface area contributed by atoms with Gasteiger partial charge in [-0.3, -0.25) is 14.8 Å². The van der Waals surface area contributed by atoms with Crippen LogP contribution in [0.1, 0.15) is 23.4 Å². The molecule has 2 saturated heterocycles. The van der Waals surface area contributed by atoms with Gasteiger partial charge in [-0.05, 0) is 25.3 Å². The van der Waals surface area contributed by atoms with Gasteiger partial charge in [0.15, 0.2) is 0 Å². The number of aryl methyl sites for hydroxylation is 2. The molecule has 3 heterocycles. The minimum Gasteiger partial charge on any atom is -0.396 e. The zero-order valence-corrected chi connectivity index (χ0v) is 15.3. The number of aromatic amines is 1. The van der Waals surface area contributed by atoms with E-state index in [-0.39, 0.29) is 18.4 Å². The quantitative estimate of drug-likeness (QED) is 0.774. The number of aliphatic hydroxyl groups is 1. The average Bonchev–Trinajstić information content (AvgIpc) is 3.18. The standard InChI is InChI=1S/C18H30N4O3/c1-13-14(2)19-20-17(13)3-4-18(24)22-10-15(16(11-22)12-23)9-21-5-7-25-8-6-21/h15-16,23H,3-12H2,1-2H3,(H,19,20). The Kier molecular flexibility index (Phi) is 6.09. The molecule has 25 heavy (non-hydrogen) atoms. The second-order valence-electron chi connectivity index (χ2n) is 7.33. The summed E-state index contributed by atoms with van der Waals surface area (Å²) in [5, 5.41) is 17.0. The Bertz CT molecular complexity index is 583. The van der Waals surface area contributed by atoms with Crippen molar-refractivity contribution in [1.29, 1.82) is 0 Å². The maximum atomic E-state index is 12.6. The number of amides is 1.